The summed E-state index contributed by atoms with van der Waals surface area (Å²) in [4.78, 5) is 18.1. The summed E-state index contributed by atoms with van der Waals surface area (Å²) in [6.07, 6.45) is 1.59. The van der Waals surface area contributed by atoms with Gasteiger partial charge in [-0.3, -0.25) is 9.69 Å². The van der Waals surface area contributed by atoms with E-state index in [0.717, 1.165) is 36.0 Å². The van der Waals surface area contributed by atoms with Crippen molar-refractivity contribution in [3.05, 3.63) is 81.1 Å². The Labute approximate surface area is 238 Å². The molecule has 0 aliphatic carbocycles. The largest absolute Gasteiger partial charge is 0.342 e. The molecule has 208 valence electrons. The van der Waals surface area contributed by atoms with E-state index in [1.807, 2.05) is 28.6 Å². The average molecular weight is 576 g/mol. The summed E-state index contributed by atoms with van der Waals surface area (Å²) < 4.78 is 30.4. The Kier molecular flexibility index (Phi) is 7.79. The van der Waals surface area contributed by atoms with E-state index in [1.54, 1.807) is 6.07 Å². The van der Waals surface area contributed by atoms with Gasteiger partial charge in [-0.2, -0.15) is 5.10 Å². The molecule has 9 heteroatoms. The highest BCUT2D eigenvalue weighted by Gasteiger charge is 2.44. The summed E-state index contributed by atoms with van der Waals surface area (Å²) in [6.45, 7) is 10.6. The first-order valence-electron chi connectivity index (χ1n) is 13.4. The molecule has 0 bridgehead atoms. The van der Waals surface area contributed by atoms with E-state index in [-0.39, 0.29) is 29.2 Å². The van der Waals surface area contributed by atoms with Crippen LogP contribution in [0, 0.1) is 24.5 Å². The minimum absolute atomic E-state index is 0.0445. The van der Waals surface area contributed by atoms with Gasteiger partial charge < -0.3 is 4.90 Å². The Morgan fingerprint density at radius 1 is 0.974 bits per heavy atom. The van der Waals surface area contributed by atoms with E-state index >= 15 is 0 Å². The highest BCUT2D eigenvalue weighted by atomic mass is 35.5. The monoisotopic (exact) mass is 574 g/mol. The number of carbonyl (C=O) groups excluding carboxylic acids is 1. The Morgan fingerprint density at radius 2 is 1.69 bits per heavy atom. The van der Waals surface area contributed by atoms with Crippen molar-refractivity contribution in [1.82, 2.24) is 19.6 Å². The van der Waals surface area contributed by atoms with Crippen LogP contribution < -0.4 is 0 Å². The van der Waals surface area contributed by atoms with Crippen LogP contribution in [0.2, 0.25) is 10.0 Å². The number of amides is 1. The summed E-state index contributed by atoms with van der Waals surface area (Å²) in [6, 6.07) is 11.3. The van der Waals surface area contributed by atoms with Gasteiger partial charge >= 0.3 is 0 Å². The fraction of sp³-hybridized carbons (Fsp3) is 0.467. The first-order valence-corrected chi connectivity index (χ1v) is 14.2. The molecule has 0 N–H and O–H groups in total. The van der Waals surface area contributed by atoms with Gasteiger partial charge in [-0.25, -0.2) is 13.5 Å². The minimum atomic E-state index is -0.609. The van der Waals surface area contributed by atoms with Crippen molar-refractivity contribution in [2.45, 2.75) is 57.9 Å². The van der Waals surface area contributed by atoms with Gasteiger partial charge in [0.2, 0.25) is 5.91 Å². The Balaban J connectivity index is 1.34. The Hall–Kier alpha value is -2.48. The van der Waals surface area contributed by atoms with Crippen molar-refractivity contribution in [3.63, 3.8) is 0 Å². The maximum atomic E-state index is 14.9. The van der Waals surface area contributed by atoms with E-state index in [0.29, 0.717) is 41.8 Å². The van der Waals surface area contributed by atoms with Crippen LogP contribution in [0.5, 0.6) is 0 Å². The molecule has 2 fully saturated rings. The van der Waals surface area contributed by atoms with Crippen molar-refractivity contribution in [1.29, 1.82) is 0 Å². The van der Waals surface area contributed by atoms with E-state index in [4.69, 9.17) is 28.3 Å². The summed E-state index contributed by atoms with van der Waals surface area (Å²) in [7, 11) is 0. The Morgan fingerprint density at radius 3 is 2.33 bits per heavy atom. The van der Waals surface area contributed by atoms with Gasteiger partial charge in [-0.15, -0.1) is 0 Å². The molecule has 2 aliphatic heterocycles. The van der Waals surface area contributed by atoms with Gasteiger partial charge in [0.15, 0.2) is 0 Å². The molecule has 0 spiro atoms. The number of halogens is 4. The molecule has 2 saturated heterocycles. The number of likely N-dealkylation sites (tertiary alicyclic amines) is 2. The molecule has 2 aliphatic rings. The number of aromatic nitrogens is 2. The van der Waals surface area contributed by atoms with Crippen LogP contribution in [0.3, 0.4) is 0 Å². The van der Waals surface area contributed by atoms with Gasteiger partial charge in [0.1, 0.15) is 11.6 Å². The molecule has 3 aromatic rings. The zero-order valence-electron chi connectivity index (χ0n) is 22.7. The summed E-state index contributed by atoms with van der Waals surface area (Å²) >= 11 is 12.4. The third-order valence-electron chi connectivity index (χ3n) is 8.18. The lowest BCUT2D eigenvalue weighted by Gasteiger charge is -2.35. The number of rotatable bonds is 4. The normalized spacial score (nSPS) is 21.1. The molecule has 0 saturated carbocycles. The lowest BCUT2D eigenvalue weighted by atomic mass is 9.86. The topological polar surface area (TPSA) is 41.4 Å². The van der Waals surface area contributed by atoms with Crippen LogP contribution in [-0.4, -0.2) is 57.2 Å². The van der Waals surface area contributed by atoms with Gasteiger partial charge in [-0.1, -0.05) is 29.3 Å². The first-order chi connectivity index (χ1) is 18.4. The van der Waals surface area contributed by atoms with E-state index in [2.05, 4.69) is 31.7 Å². The fourth-order valence-corrected chi connectivity index (χ4v) is 6.28. The van der Waals surface area contributed by atoms with E-state index in [1.165, 1.54) is 12.1 Å². The van der Waals surface area contributed by atoms with Crippen LogP contribution in [0.4, 0.5) is 8.78 Å². The van der Waals surface area contributed by atoms with Gasteiger partial charge in [0.05, 0.1) is 27.3 Å². The fourth-order valence-electron chi connectivity index (χ4n) is 5.98. The van der Waals surface area contributed by atoms with Gasteiger partial charge in [0, 0.05) is 55.3 Å². The maximum Gasteiger partial charge on any atom is 0.227 e. The number of nitrogens with zero attached hydrogens (tertiary/aromatic N) is 4. The first kappa shape index (κ1) is 28.1. The summed E-state index contributed by atoms with van der Waals surface area (Å²) in [5, 5.41) is 5.67. The second-order valence-electron chi connectivity index (χ2n) is 11.8. The lowest BCUT2D eigenvalue weighted by molar-refractivity contribution is -0.136. The van der Waals surface area contributed by atoms with E-state index < -0.39 is 11.6 Å². The molecule has 0 unspecified atom stereocenters. The van der Waals surface area contributed by atoms with Crippen molar-refractivity contribution < 1.29 is 13.6 Å². The molecule has 0 radical (unpaired) electrons. The summed E-state index contributed by atoms with van der Waals surface area (Å²) in [5.41, 5.74) is 3.09. The molecule has 5 rings (SSSR count). The number of benzene rings is 2. The van der Waals surface area contributed by atoms with Crippen molar-refractivity contribution in [2.75, 3.05) is 26.2 Å². The van der Waals surface area contributed by atoms with Crippen LogP contribution >= 0.6 is 23.2 Å². The quantitative estimate of drug-likeness (QED) is 0.337. The van der Waals surface area contributed by atoms with Gasteiger partial charge in [-0.05, 0) is 76.4 Å². The van der Waals surface area contributed by atoms with Crippen LogP contribution in [0.1, 0.15) is 62.4 Å². The number of piperidine rings is 1. The molecule has 2 aromatic carbocycles. The lowest BCUT2D eigenvalue weighted by Crippen LogP contribution is -2.44. The second-order valence-corrected chi connectivity index (χ2v) is 12.6. The predicted octanol–water partition coefficient (Wildman–Crippen LogP) is 6.99. The molecule has 39 heavy (non-hydrogen) atoms. The van der Waals surface area contributed by atoms with Crippen molar-refractivity contribution in [3.8, 4) is 5.69 Å². The standard InChI is InChI=1S/C30H34Cl2F2N4O/c1-18-13-28(38(35-18)21-6-8-25(31)26(32)15-21)19-9-11-36(12-10-19)29(39)24-17-37(30(2,3)4)16-23(24)22-7-5-20(33)14-27(22)34/h5-8,13-15,19,23-24H,9-12,16-17H2,1-4H3/t23-,24+/m0/s1. The number of hydrogen-bond donors (Lipinski definition) is 0. The predicted molar refractivity (Wildman–Crippen MR) is 151 cm³/mol. The molecule has 1 amide bonds. The molecule has 3 heterocycles. The minimum Gasteiger partial charge on any atom is -0.342 e. The second kappa shape index (κ2) is 10.8. The van der Waals surface area contributed by atoms with Crippen molar-refractivity contribution >= 4 is 29.1 Å². The number of carbonyl (C=O) groups is 1. The summed E-state index contributed by atoms with van der Waals surface area (Å²) in [5.74, 6) is -1.63. The molecule has 5 nitrogen and oxygen atoms in total. The zero-order chi connectivity index (χ0) is 28.1. The van der Waals surface area contributed by atoms with Crippen LogP contribution in [0.25, 0.3) is 5.69 Å². The smallest absolute Gasteiger partial charge is 0.227 e. The molecule has 1 aromatic heterocycles. The number of hydrogen-bond acceptors (Lipinski definition) is 3. The van der Waals surface area contributed by atoms with Crippen molar-refractivity contribution in [2.24, 2.45) is 5.92 Å². The number of aryl methyl sites for hydroxylation is 1. The molecular weight excluding hydrogens is 541 g/mol. The molecular formula is C30H34Cl2F2N4O. The third-order valence-corrected chi connectivity index (χ3v) is 8.92. The Bertz CT molecular complexity index is 1380. The third kappa shape index (κ3) is 5.72. The highest BCUT2D eigenvalue weighted by molar-refractivity contribution is 6.42. The van der Waals surface area contributed by atoms with Crippen LogP contribution in [-0.2, 0) is 4.79 Å². The van der Waals surface area contributed by atoms with Gasteiger partial charge in [0.25, 0.3) is 0 Å². The molecule has 2 atom stereocenters. The van der Waals surface area contributed by atoms with E-state index in [9.17, 15) is 13.6 Å². The highest BCUT2D eigenvalue weighted by Crippen LogP contribution is 2.40. The SMILES string of the molecule is Cc1cc(C2CCN(C(=O)[C@@H]3CN(C(C)(C)C)C[C@H]3c3ccc(F)cc3F)CC2)n(-c2ccc(Cl)c(Cl)c2)n1. The average Bonchev–Trinajstić information content (AvgIpc) is 3.50. The van der Waals surface area contributed by atoms with Crippen LogP contribution in [0.15, 0.2) is 42.5 Å². The zero-order valence-corrected chi connectivity index (χ0v) is 24.2. The maximum absolute atomic E-state index is 14.9.